The summed E-state index contributed by atoms with van der Waals surface area (Å²) in [4.78, 5) is 32.8. The smallest absolute Gasteiger partial charge is 0.341 e. The van der Waals surface area contributed by atoms with Crippen molar-refractivity contribution in [3.63, 3.8) is 0 Å². The minimum absolute atomic E-state index is 0.148. The van der Waals surface area contributed by atoms with Gasteiger partial charge >= 0.3 is 5.97 Å². The largest absolute Gasteiger partial charge is 0.497 e. The van der Waals surface area contributed by atoms with E-state index < -0.39 is 5.97 Å². The van der Waals surface area contributed by atoms with Crippen LogP contribution in [0, 0.1) is 6.92 Å². The summed E-state index contributed by atoms with van der Waals surface area (Å²) in [7, 11) is 2.92. The van der Waals surface area contributed by atoms with Gasteiger partial charge in [-0.05, 0) is 42.3 Å². The molecule has 7 nitrogen and oxygen atoms in total. The fourth-order valence-electron chi connectivity index (χ4n) is 3.20. The van der Waals surface area contributed by atoms with Crippen molar-refractivity contribution in [3.05, 3.63) is 59.0 Å². The molecule has 0 saturated heterocycles. The molecule has 4 aromatic rings. The van der Waals surface area contributed by atoms with Gasteiger partial charge in [0.05, 0.1) is 31.0 Å². The van der Waals surface area contributed by atoms with Crippen molar-refractivity contribution in [1.82, 2.24) is 9.97 Å². The van der Waals surface area contributed by atoms with Gasteiger partial charge in [0, 0.05) is 10.9 Å². The maximum atomic E-state index is 12.6. The number of imidazole rings is 1. The molecule has 0 atom stereocenters. The van der Waals surface area contributed by atoms with Gasteiger partial charge in [0.2, 0.25) is 5.91 Å². The van der Waals surface area contributed by atoms with E-state index in [9.17, 15) is 9.59 Å². The second kappa shape index (κ2) is 9.46. The molecule has 2 aromatic heterocycles. The molecule has 0 fully saturated rings. The van der Waals surface area contributed by atoms with Crippen LogP contribution in [-0.2, 0) is 9.53 Å². The number of nitrogens with zero attached hydrogens (tertiary/aromatic N) is 1. The van der Waals surface area contributed by atoms with Crippen molar-refractivity contribution in [2.75, 3.05) is 25.3 Å². The van der Waals surface area contributed by atoms with E-state index in [1.165, 1.54) is 30.2 Å². The number of carbonyl (C=O) groups is 2. The van der Waals surface area contributed by atoms with Gasteiger partial charge in [-0.15, -0.1) is 11.3 Å². The molecule has 0 radical (unpaired) electrons. The number of aromatic amines is 1. The predicted molar refractivity (Wildman–Crippen MR) is 128 cm³/mol. The Morgan fingerprint density at radius 3 is 2.66 bits per heavy atom. The van der Waals surface area contributed by atoms with Gasteiger partial charge in [-0.3, -0.25) is 4.79 Å². The lowest BCUT2D eigenvalue weighted by Gasteiger charge is -2.08. The fourth-order valence-corrected chi connectivity index (χ4v) is 4.86. The van der Waals surface area contributed by atoms with Crippen molar-refractivity contribution >= 4 is 51.0 Å². The summed E-state index contributed by atoms with van der Waals surface area (Å²) in [5.41, 5.74) is 4.78. The molecule has 0 bridgehead atoms. The van der Waals surface area contributed by atoms with E-state index in [4.69, 9.17) is 9.47 Å². The van der Waals surface area contributed by atoms with E-state index >= 15 is 0 Å². The SMILES string of the molecule is COC(=O)c1c(-c2ccc(OC)cc2)csc1NC(=O)CSc1nc2ccc(C)cc2[nH]1. The van der Waals surface area contributed by atoms with Crippen LogP contribution in [0.4, 0.5) is 5.00 Å². The van der Waals surface area contributed by atoms with Crippen molar-refractivity contribution in [3.8, 4) is 16.9 Å². The highest BCUT2D eigenvalue weighted by Crippen LogP contribution is 2.37. The molecule has 1 amide bonds. The van der Waals surface area contributed by atoms with Crippen LogP contribution in [0.25, 0.3) is 22.2 Å². The summed E-state index contributed by atoms with van der Waals surface area (Å²) in [6.07, 6.45) is 0. The number of rotatable bonds is 7. The molecule has 0 unspecified atom stereocenters. The Balaban J connectivity index is 1.50. The summed E-state index contributed by atoms with van der Waals surface area (Å²) in [5, 5.41) is 5.79. The molecule has 9 heteroatoms. The number of thioether (sulfide) groups is 1. The van der Waals surface area contributed by atoms with Crippen molar-refractivity contribution in [2.45, 2.75) is 12.1 Å². The van der Waals surface area contributed by atoms with Crippen LogP contribution in [0.15, 0.2) is 53.0 Å². The van der Waals surface area contributed by atoms with Gasteiger partial charge in [-0.1, -0.05) is 30.0 Å². The molecule has 164 valence electrons. The number of fused-ring (bicyclic) bond motifs is 1. The minimum Gasteiger partial charge on any atom is -0.497 e. The van der Waals surface area contributed by atoms with Gasteiger partial charge in [0.15, 0.2) is 5.16 Å². The predicted octanol–water partition coefficient (Wildman–Crippen LogP) is 5.13. The normalized spacial score (nSPS) is 10.8. The first kappa shape index (κ1) is 21.9. The highest BCUT2D eigenvalue weighted by atomic mass is 32.2. The van der Waals surface area contributed by atoms with Gasteiger partial charge in [-0.25, -0.2) is 9.78 Å². The summed E-state index contributed by atoms with van der Waals surface area (Å²) in [6, 6.07) is 13.3. The number of ether oxygens (including phenoxy) is 2. The van der Waals surface area contributed by atoms with Gasteiger partial charge < -0.3 is 19.8 Å². The molecule has 0 spiro atoms. The molecule has 0 aliphatic heterocycles. The Bertz CT molecular complexity index is 1280. The van der Waals surface area contributed by atoms with Crippen LogP contribution in [0.2, 0.25) is 0 Å². The zero-order valence-corrected chi connectivity index (χ0v) is 19.4. The fraction of sp³-hybridized carbons (Fsp3) is 0.174. The van der Waals surface area contributed by atoms with Crippen LogP contribution < -0.4 is 10.1 Å². The molecule has 4 rings (SSSR count). The number of carbonyl (C=O) groups excluding carboxylic acids is 2. The maximum Gasteiger partial charge on any atom is 0.341 e. The molecule has 2 aromatic carbocycles. The standard InChI is InChI=1S/C23H21N3O4S2/c1-13-4-9-17-18(10-13)25-23(24-17)32-12-19(27)26-21-20(22(28)30-3)16(11-31-21)14-5-7-15(29-2)8-6-14/h4-11H,12H2,1-3H3,(H,24,25)(H,26,27). The van der Waals surface area contributed by atoms with Gasteiger partial charge in [0.1, 0.15) is 16.3 Å². The summed E-state index contributed by atoms with van der Waals surface area (Å²) >= 11 is 2.59. The first-order valence-electron chi connectivity index (χ1n) is 9.71. The number of benzene rings is 2. The summed E-state index contributed by atoms with van der Waals surface area (Å²) in [5.74, 6) is 0.123. The lowest BCUT2D eigenvalue weighted by molar-refractivity contribution is -0.113. The second-order valence-electron chi connectivity index (χ2n) is 6.97. The number of amides is 1. The third-order valence-corrected chi connectivity index (χ3v) is 6.56. The first-order valence-corrected chi connectivity index (χ1v) is 11.6. The molecule has 0 saturated carbocycles. The summed E-state index contributed by atoms with van der Waals surface area (Å²) in [6.45, 7) is 2.01. The molecule has 0 aliphatic rings. The average molecular weight is 468 g/mol. The molecule has 32 heavy (non-hydrogen) atoms. The van der Waals surface area contributed by atoms with Crippen LogP contribution in [0.1, 0.15) is 15.9 Å². The Morgan fingerprint density at radius 1 is 1.16 bits per heavy atom. The van der Waals surface area contributed by atoms with Crippen molar-refractivity contribution in [1.29, 1.82) is 0 Å². The number of thiophene rings is 1. The highest BCUT2D eigenvalue weighted by molar-refractivity contribution is 7.99. The topological polar surface area (TPSA) is 93.3 Å². The molecular formula is C23H21N3O4S2. The lowest BCUT2D eigenvalue weighted by Crippen LogP contribution is -2.16. The van der Waals surface area contributed by atoms with E-state index in [2.05, 4.69) is 15.3 Å². The summed E-state index contributed by atoms with van der Waals surface area (Å²) < 4.78 is 10.2. The van der Waals surface area contributed by atoms with Crippen LogP contribution in [-0.4, -0.2) is 41.8 Å². The Morgan fingerprint density at radius 2 is 1.94 bits per heavy atom. The third kappa shape index (κ3) is 4.63. The number of anilines is 1. The monoisotopic (exact) mass is 467 g/mol. The highest BCUT2D eigenvalue weighted by Gasteiger charge is 2.22. The maximum absolute atomic E-state index is 12.6. The van der Waals surface area contributed by atoms with E-state index in [-0.39, 0.29) is 11.7 Å². The van der Waals surface area contributed by atoms with E-state index in [0.29, 0.717) is 21.3 Å². The third-order valence-electron chi connectivity index (χ3n) is 4.79. The Hall–Kier alpha value is -3.30. The zero-order valence-electron chi connectivity index (χ0n) is 17.7. The van der Waals surface area contributed by atoms with Gasteiger partial charge in [-0.2, -0.15) is 0 Å². The minimum atomic E-state index is -0.507. The quantitative estimate of drug-likeness (QED) is 0.289. The van der Waals surface area contributed by atoms with E-state index in [0.717, 1.165) is 27.9 Å². The zero-order chi connectivity index (χ0) is 22.7. The van der Waals surface area contributed by atoms with E-state index in [1.54, 1.807) is 7.11 Å². The van der Waals surface area contributed by atoms with Gasteiger partial charge in [0.25, 0.3) is 0 Å². The molecule has 2 heterocycles. The lowest BCUT2D eigenvalue weighted by atomic mass is 10.0. The number of H-pyrrole nitrogens is 1. The Labute approximate surface area is 193 Å². The number of methoxy groups -OCH3 is 2. The molecular weight excluding hydrogens is 446 g/mol. The average Bonchev–Trinajstić information content (AvgIpc) is 3.40. The number of esters is 1. The van der Waals surface area contributed by atoms with Crippen LogP contribution in [0.3, 0.4) is 0 Å². The van der Waals surface area contributed by atoms with Crippen LogP contribution >= 0.6 is 23.1 Å². The van der Waals surface area contributed by atoms with Crippen molar-refractivity contribution in [2.24, 2.45) is 0 Å². The Kier molecular flexibility index (Phi) is 6.48. The molecule has 2 N–H and O–H groups in total. The van der Waals surface area contributed by atoms with Crippen molar-refractivity contribution < 1.29 is 19.1 Å². The number of aryl methyl sites for hydroxylation is 1. The number of aromatic nitrogens is 2. The number of hydrogen-bond acceptors (Lipinski definition) is 7. The number of hydrogen-bond donors (Lipinski definition) is 2. The second-order valence-corrected chi connectivity index (χ2v) is 8.82. The molecule has 0 aliphatic carbocycles. The van der Waals surface area contributed by atoms with E-state index in [1.807, 2.05) is 54.8 Å². The number of nitrogens with one attached hydrogen (secondary N) is 2. The van der Waals surface area contributed by atoms with Crippen LogP contribution in [0.5, 0.6) is 5.75 Å². The first-order chi connectivity index (χ1) is 15.5.